The van der Waals surface area contributed by atoms with Crippen LogP contribution < -0.4 is 9.62 Å². The molecule has 0 aromatic heterocycles. The molecule has 0 saturated carbocycles. The standard InChI is InChI=1S/C27H37F2N3O4S/c1-5-20(3)30-27(34)25(6-2)31(18-16-21-11-8-7-9-12-21)26(33)13-10-17-32(37(4,35)36)22-14-15-23(28)24(29)19-22/h7-9,11-12,14-15,19-20,25H,5-6,10,13,16-18H2,1-4H3,(H,30,34)/t20-,25-/m0/s1. The van der Waals surface area contributed by atoms with E-state index in [4.69, 9.17) is 0 Å². The summed E-state index contributed by atoms with van der Waals surface area (Å²) in [5, 5.41) is 2.95. The van der Waals surface area contributed by atoms with Crippen molar-refractivity contribution < 1.29 is 26.8 Å². The molecular weight excluding hydrogens is 500 g/mol. The maximum atomic E-state index is 13.7. The largest absolute Gasteiger partial charge is 0.352 e. The van der Waals surface area contributed by atoms with Crippen molar-refractivity contribution in [2.75, 3.05) is 23.7 Å². The Balaban J connectivity index is 2.18. The Morgan fingerprint density at radius 2 is 1.65 bits per heavy atom. The van der Waals surface area contributed by atoms with Gasteiger partial charge in [0.25, 0.3) is 0 Å². The highest BCUT2D eigenvalue weighted by molar-refractivity contribution is 7.92. The minimum Gasteiger partial charge on any atom is -0.352 e. The van der Waals surface area contributed by atoms with Gasteiger partial charge in [-0.05, 0) is 50.3 Å². The second-order valence-electron chi connectivity index (χ2n) is 9.10. The molecule has 0 aliphatic rings. The molecule has 37 heavy (non-hydrogen) atoms. The molecule has 0 radical (unpaired) electrons. The Morgan fingerprint density at radius 1 is 0.973 bits per heavy atom. The van der Waals surface area contributed by atoms with Crippen LogP contribution in [-0.2, 0) is 26.0 Å². The number of nitrogens with one attached hydrogen (secondary N) is 1. The van der Waals surface area contributed by atoms with Gasteiger partial charge in [-0.15, -0.1) is 0 Å². The van der Waals surface area contributed by atoms with Crippen LogP contribution in [0.1, 0.15) is 52.0 Å². The molecule has 0 bridgehead atoms. The first kappa shape index (κ1) is 30.2. The lowest BCUT2D eigenvalue weighted by Gasteiger charge is -2.32. The number of halogens is 2. The van der Waals surface area contributed by atoms with E-state index in [1.165, 1.54) is 6.07 Å². The fourth-order valence-corrected chi connectivity index (χ4v) is 4.94. The smallest absolute Gasteiger partial charge is 0.243 e. The zero-order valence-electron chi connectivity index (χ0n) is 21.9. The maximum absolute atomic E-state index is 13.7. The van der Waals surface area contributed by atoms with E-state index in [0.29, 0.717) is 19.4 Å². The molecule has 0 heterocycles. The monoisotopic (exact) mass is 537 g/mol. The van der Waals surface area contributed by atoms with Crippen LogP contribution in [0.4, 0.5) is 14.5 Å². The van der Waals surface area contributed by atoms with Gasteiger partial charge in [-0.3, -0.25) is 13.9 Å². The fraction of sp³-hybridized carbons (Fsp3) is 0.481. The Morgan fingerprint density at radius 3 is 2.22 bits per heavy atom. The predicted octanol–water partition coefficient (Wildman–Crippen LogP) is 4.28. The summed E-state index contributed by atoms with van der Waals surface area (Å²) in [6.07, 6.45) is 2.82. The third-order valence-corrected chi connectivity index (χ3v) is 7.41. The number of hydrogen-bond acceptors (Lipinski definition) is 4. The summed E-state index contributed by atoms with van der Waals surface area (Å²) in [5.74, 6) is -2.74. The number of hydrogen-bond donors (Lipinski definition) is 1. The van der Waals surface area contributed by atoms with Crippen LogP contribution in [0, 0.1) is 11.6 Å². The van der Waals surface area contributed by atoms with Gasteiger partial charge >= 0.3 is 0 Å². The SMILES string of the molecule is CC[C@H](C)NC(=O)[C@H](CC)N(CCc1ccccc1)C(=O)CCCN(c1ccc(F)c(F)c1)S(C)(=O)=O. The number of anilines is 1. The number of nitrogens with zero attached hydrogens (tertiary/aromatic N) is 2. The van der Waals surface area contributed by atoms with Crippen molar-refractivity contribution >= 4 is 27.5 Å². The molecule has 1 N–H and O–H groups in total. The number of benzene rings is 2. The van der Waals surface area contributed by atoms with E-state index in [0.717, 1.165) is 34.7 Å². The van der Waals surface area contributed by atoms with Gasteiger partial charge in [0.05, 0.1) is 11.9 Å². The van der Waals surface area contributed by atoms with Crippen LogP contribution in [0.25, 0.3) is 0 Å². The molecule has 0 unspecified atom stereocenters. The molecule has 0 saturated heterocycles. The fourth-order valence-electron chi connectivity index (χ4n) is 3.98. The molecule has 2 atom stereocenters. The normalized spacial score (nSPS) is 13.0. The van der Waals surface area contributed by atoms with Crippen LogP contribution in [0.3, 0.4) is 0 Å². The van der Waals surface area contributed by atoms with Gasteiger partial charge in [-0.1, -0.05) is 44.2 Å². The van der Waals surface area contributed by atoms with Gasteiger partial charge in [0.2, 0.25) is 21.8 Å². The predicted molar refractivity (Wildman–Crippen MR) is 142 cm³/mol. The zero-order chi connectivity index (χ0) is 27.6. The second kappa shape index (κ2) is 14.1. The third kappa shape index (κ3) is 9.10. The summed E-state index contributed by atoms with van der Waals surface area (Å²) in [6.45, 7) is 5.94. The van der Waals surface area contributed by atoms with E-state index >= 15 is 0 Å². The molecular formula is C27H37F2N3O4S. The summed E-state index contributed by atoms with van der Waals surface area (Å²) >= 11 is 0. The Labute approximate surface area is 218 Å². The third-order valence-electron chi connectivity index (χ3n) is 6.21. The number of sulfonamides is 1. The highest BCUT2D eigenvalue weighted by atomic mass is 32.2. The Bertz CT molecular complexity index is 1150. The van der Waals surface area contributed by atoms with Crippen LogP contribution >= 0.6 is 0 Å². The molecule has 0 aliphatic carbocycles. The van der Waals surface area contributed by atoms with Crippen molar-refractivity contribution in [3.63, 3.8) is 0 Å². The van der Waals surface area contributed by atoms with Crippen molar-refractivity contribution in [2.24, 2.45) is 0 Å². The lowest BCUT2D eigenvalue weighted by molar-refractivity contribution is -0.141. The minimum absolute atomic E-state index is 0.0163. The van der Waals surface area contributed by atoms with Crippen LogP contribution in [0.2, 0.25) is 0 Å². The summed E-state index contributed by atoms with van der Waals surface area (Å²) in [5.41, 5.74) is 1.01. The molecule has 7 nitrogen and oxygen atoms in total. The minimum atomic E-state index is -3.81. The molecule has 10 heteroatoms. The summed E-state index contributed by atoms with van der Waals surface area (Å²) in [7, 11) is -3.81. The van der Waals surface area contributed by atoms with E-state index in [1.807, 2.05) is 51.1 Å². The lowest BCUT2D eigenvalue weighted by atomic mass is 10.1. The van der Waals surface area contributed by atoms with Crippen molar-refractivity contribution in [2.45, 2.75) is 65.0 Å². The number of carbonyl (C=O) groups is 2. The van der Waals surface area contributed by atoms with Crippen LogP contribution in [-0.4, -0.2) is 56.6 Å². The lowest BCUT2D eigenvalue weighted by Crippen LogP contribution is -2.51. The Kier molecular flexibility index (Phi) is 11.5. The first-order chi connectivity index (χ1) is 17.5. The molecule has 0 fully saturated rings. The number of carbonyl (C=O) groups excluding carboxylic acids is 2. The van der Waals surface area contributed by atoms with E-state index in [2.05, 4.69) is 5.32 Å². The van der Waals surface area contributed by atoms with E-state index in [1.54, 1.807) is 4.90 Å². The van der Waals surface area contributed by atoms with Crippen molar-refractivity contribution in [1.29, 1.82) is 0 Å². The average molecular weight is 538 g/mol. The van der Waals surface area contributed by atoms with Gasteiger partial charge < -0.3 is 10.2 Å². The summed E-state index contributed by atoms with van der Waals surface area (Å²) in [4.78, 5) is 27.9. The van der Waals surface area contributed by atoms with E-state index in [-0.39, 0.29) is 42.9 Å². The quantitative estimate of drug-likeness (QED) is 0.390. The van der Waals surface area contributed by atoms with Gasteiger partial charge in [-0.25, -0.2) is 17.2 Å². The maximum Gasteiger partial charge on any atom is 0.243 e. The first-order valence-electron chi connectivity index (χ1n) is 12.5. The van der Waals surface area contributed by atoms with Gasteiger partial charge in [0.15, 0.2) is 11.6 Å². The van der Waals surface area contributed by atoms with Gasteiger partial charge in [-0.2, -0.15) is 0 Å². The van der Waals surface area contributed by atoms with Crippen molar-refractivity contribution in [3.05, 3.63) is 65.7 Å². The zero-order valence-corrected chi connectivity index (χ0v) is 22.7. The average Bonchev–Trinajstić information content (AvgIpc) is 2.85. The van der Waals surface area contributed by atoms with Gasteiger partial charge in [0.1, 0.15) is 6.04 Å². The molecule has 0 aliphatic heterocycles. The first-order valence-corrected chi connectivity index (χ1v) is 14.4. The van der Waals surface area contributed by atoms with Crippen molar-refractivity contribution in [1.82, 2.24) is 10.2 Å². The molecule has 2 aromatic carbocycles. The molecule has 0 spiro atoms. The topological polar surface area (TPSA) is 86.8 Å². The number of rotatable bonds is 14. The van der Waals surface area contributed by atoms with E-state index in [9.17, 15) is 26.8 Å². The Hall–Kier alpha value is -3.01. The summed E-state index contributed by atoms with van der Waals surface area (Å²) < 4.78 is 52.7. The molecule has 2 rings (SSSR count). The number of amides is 2. The highest BCUT2D eigenvalue weighted by Gasteiger charge is 2.29. The van der Waals surface area contributed by atoms with Crippen LogP contribution in [0.5, 0.6) is 0 Å². The highest BCUT2D eigenvalue weighted by Crippen LogP contribution is 2.21. The molecule has 204 valence electrons. The molecule has 2 aromatic rings. The van der Waals surface area contributed by atoms with E-state index < -0.39 is 27.7 Å². The van der Waals surface area contributed by atoms with Gasteiger partial charge in [0, 0.05) is 31.6 Å². The van der Waals surface area contributed by atoms with Crippen molar-refractivity contribution in [3.8, 4) is 0 Å². The van der Waals surface area contributed by atoms with Crippen LogP contribution in [0.15, 0.2) is 48.5 Å². The molecule has 2 amide bonds. The summed E-state index contributed by atoms with van der Waals surface area (Å²) in [6, 6.07) is 11.8. The second-order valence-corrected chi connectivity index (χ2v) is 11.0.